The van der Waals surface area contributed by atoms with Gasteiger partial charge >= 0.3 is 0 Å². The molecule has 1 atom stereocenters. The number of aromatic amines is 1. The largest absolute Gasteiger partial charge is 0.497 e. The summed E-state index contributed by atoms with van der Waals surface area (Å²) in [7, 11) is -2.09. The number of sulfone groups is 1. The number of benzene rings is 3. The summed E-state index contributed by atoms with van der Waals surface area (Å²) >= 11 is 0. The first-order valence-electron chi connectivity index (χ1n) is 8.60. The van der Waals surface area contributed by atoms with Crippen molar-refractivity contribution in [3.63, 3.8) is 0 Å². The molecular formula is C22H19NO3S. The standard InChI is InChI=1S/C22H19NO3S/c1-26-17-9-7-8-16(14-17)22(27(24,25)18-10-3-2-4-11-18)20-15-23-21-13-6-5-12-19(20)21/h2-15,22-23H,1H3. The van der Waals surface area contributed by atoms with Crippen molar-refractivity contribution < 1.29 is 13.2 Å². The number of rotatable bonds is 5. The lowest BCUT2D eigenvalue weighted by atomic mass is 10.0. The molecule has 1 N–H and O–H groups in total. The highest BCUT2D eigenvalue weighted by molar-refractivity contribution is 7.92. The Kier molecular flexibility index (Phi) is 4.46. The van der Waals surface area contributed by atoms with Gasteiger partial charge in [-0.2, -0.15) is 0 Å². The number of hydrogen-bond donors (Lipinski definition) is 1. The Bertz CT molecular complexity index is 1180. The van der Waals surface area contributed by atoms with Crippen molar-refractivity contribution in [1.29, 1.82) is 0 Å². The summed E-state index contributed by atoms with van der Waals surface area (Å²) in [6, 6.07) is 23.5. The molecule has 3 aromatic carbocycles. The first-order chi connectivity index (χ1) is 13.1. The van der Waals surface area contributed by atoms with E-state index in [1.165, 1.54) is 0 Å². The second kappa shape index (κ2) is 6.93. The number of fused-ring (bicyclic) bond motifs is 1. The number of aromatic nitrogens is 1. The van der Waals surface area contributed by atoms with Gasteiger partial charge in [0.2, 0.25) is 0 Å². The third-order valence-corrected chi connectivity index (χ3v) is 6.76. The molecule has 4 nitrogen and oxygen atoms in total. The Hall–Kier alpha value is -3.05. The minimum Gasteiger partial charge on any atom is -0.497 e. The van der Waals surface area contributed by atoms with E-state index in [0.717, 1.165) is 16.5 Å². The van der Waals surface area contributed by atoms with Crippen LogP contribution in [0.4, 0.5) is 0 Å². The zero-order valence-electron chi connectivity index (χ0n) is 14.8. The average molecular weight is 377 g/mol. The van der Waals surface area contributed by atoms with Gasteiger partial charge in [0.05, 0.1) is 12.0 Å². The molecule has 136 valence electrons. The van der Waals surface area contributed by atoms with E-state index < -0.39 is 15.1 Å². The van der Waals surface area contributed by atoms with Gasteiger partial charge in [0.15, 0.2) is 9.84 Å². The van der Waals surface area contributed by atoms with E-state index in [0.29, 0.717) is 16.2 Å². The van der Waals surface area contributed by atoms with Gasteiger partial charge in [0, 0.05) is 22.7 Å². The summed E-state index contributed by atoms with van der Waals surface area (Å²) in [5, 5.41) is 0.0518. The highest BCUT2D eigenvalue weighted by atomic mass is 32.2. The molecule has 4 aromatic rings. The van der Waals surface area contributed by atoms with E-state index >= 15 is 0 Å². The number of H-pyrrole nitrogens is 1. The van der Waals surface area contributed by atoms with Crippen LogP contribution in [0.2, 0.25) is 0 Å². The molecule has 0 saturated heterocycles. The first kappa shape index (κ1) is 17.4. The molecule has 0 radical (unpaired) electrons. The molecule has 1 unspecified atom stereocenters. The van der Waals surface area contributed by atoms with Crippen molar-refractivity contribution in [2.75, 3.05) is 7.11 Å². The summed E-state index contributed by atoms with van der Waals surface area (Å²) in [5.41, 5.74) is 2.30. The van der Waals surface area contributed by atoms with E-state index in [4.69, 9.17) is 4.74 Å². The molecule has 1 heterocycles. The van der Waals surface area contributed by atoms with Gasteiger partial charge in [-0.1, -0.05) is 48.5 Å². The maximum atomic E-state index is 13.6. The van der Waals surface area contributed by atoms with Crippen LogP contribution in [0.25, 0.3) is 10.9 Å². The highest BCUT2D eigenvalue weighted by Crippen LogP contribution is 2.39. The molecule has 5 heteroatoms. The van der Waals surface area contributed by atoms with E-state index in [2.05, 4.69) is 4.98 Å². The molecule has 4 rings (SSSR count). The Balaban J connectivity index is 1.98. The minimum absolute atomic E-state index is 0.295. The predicted octanol–water partition coefficient (Wildman–Crippen LogP) is 4.74. The van der Waals surface area contributed by atoms with Gasteiger partial charge in [-0.25, -0.2) is 8.42 Å². The van der Waals surface area contributed by atoms with E-state index in [1.807, 2.05) is 48.5 Å². The van der Waals surface area contributed by atoms with Crippen molar-refractivity contribution in [2.45, 2.75) is 10.1 Å². The maximum absolute atomic E-state index is 13.6. The Morgan fingerprint density at radius 3 is 2.41 bits per heavy atom. The molecule has 0 spiro atoms. The van der Waals surface area contributed by atoms with Gasteiger partial charge in [-0.15, -0.1) is 0 Å². The summed E-state index contributed by atoms with van der Waals surface area (Å²) in [4.78, 5) is 3.49. The molecular weight excluding hydrogens is 358 g/mol. The number of hydrogen-bond acceptors (Lipinski definition) is 3. The van der Waals surface area contributed by atoms with Crippen LogP contribution in [0.5, 0.6) is 5.75 Å². The fourth-order valence-electron chi connectivity index (χ4n) is 3.39. The lowest BCUT2D eigenvalue weighted by Gasteiger charge is -2.19. The van der Waals surface area contributed by atoms with Gasteiger partial charge in [-0.05, 0) is 35.9 Å². The smallest absolute Gasteiger partial charge is 0.189 e. The van der Waals surface area contributed by atoms with Crippen molar-refractivity contribution in [3.8, 4) is 5.75 Å². The van der Waals surface area contributed by atoms with E-state index in [1.54, 1.807) is 43.6 Å². The second-order valence-electron chi connectivity index (χ2n) is 6.30. The van der Waals surface area contributed by atoms with Crippen LogP contribution >= 0.6 is 0 Å². The Labute approximate surface area is 158 Å². The fraction of sp³-hybridized carbons (Fsp3) is 0.0909. The SMILES string of the molecule is COc1cccc(C(c2c[nH]c3ccccc23)S(=O)(=O)c2ccccc2)c1. The first-order valence-corrected chi connectivity index (χ1v) is 10.1. The zero-order chi connectivity index (χ0) is 18.9. The van der Waals surface area contributed by atoms with Crippen LogP contribution in [-0.4, -0.2) is 20.5 Å². The summed E-state index contributed by atoms with van der Waals surface area (Å²) in [6.45, 7) is 0. The van der Waals surface area contributed by atoms with E-state index in [-0.39, 0.29) is 0 Å². The van der Waals surface area contributed by atoms with Crippen molar-refractivity contribution in [3.05, 3.63) is 96.2 Å². The fourth-order valence-corrected chi connectivity index (χ4v) is 5.23. The van der Waals surface area contributed by atoms with Crippen molar-refractivity contribution in [2.24, 2.45) is 0 Å². The number of para-hydroxylation sites is 1. The number of methoxy groups -OCH3 is 1. The molecule has 0 bridgehead atoms. The van der Waals surface area contributed by atoms with Crippen LogP contribution in [0.15, 0.2) is 90.0 Å². The Morgan fingerprint density at radius 1 is 0.889 bits per heavy atom. The predicted molar refractivity (Wildman–Crippen MR) is 107 cm³/mol. The molecule has 0 amide bonds. The lowest BCUT2D eigenvalue weighted by molar-refractivity contribution is 0.414. The highest BCUT2D eigenvalue weighted by Gasteiger charge is 2.32. The van der Waals surface area contributed by atoms with Gasteiger partial charge in [-0.3, -0.25) is 0 Å². The maximum Gasteiger partial charge on any atom is 0.189 e. The van der Waals surface area contributed by atoms with Crippen LogP contribution < -0.4 is 4.74 Å². The molecule has 0 aliphatic carbocycles. The molecule has 0 fully saturated rings. The molecule has 27 heavy (non-hydrogen) atoms. The second-order valence-corrected chi connectivity index (χ2v) is 8.34. The summed E-state index contributed by atoms with van der Waals surface area (Å²) < 4.78 is 32.6. The zero-order valence-corrected chi connectivity index (χ0v) is 15.6. The normalized spacial score (nSPS) is 12.8. The lowest BCUT2D eigenvalue weighted by Crippen LogP contribution is -2.15. The number of ether oxygens (including phenoxy) is 1. The molecule has 0 aliphatic rings. The quantitative estimate of drug-likeness (QED) is 0.546. The summed E-state index contributed by atoms with van der Waals surface area (Å²) in [5.74, 6) is 0.626. The molecule has 0 aliphatic heterocycles. The minimum atomic E-state index is -3.67. The summed E-state index contributed by atoms with van der Waals surface area (Å²) in [6.07, 6.45) is 1.79. The van der Waals surface area contributed by atoms with Crippen LogP contribution in [0.3, 0.4) is 0 Å². The third-order valence-electron chi connectivity index (χ3n) is 4.68. The third kappa shape index (κ3) is 3.11. The van der Waals surface area contributed by atoms with Gasteiger partial charge in [0.25, 0.3) is 0 Å². The Morgan fingerprint density at radius 2 is 1.63 bits per heavy atom. The van der Waals surface area contributed by atoms with Crippen LogP contribution in [0, 0.1) is 0 Å². The van der Waals surface area contributed by atoms with Crippen molar-refractivity contribution >= 4 is 20.7 Å². The van der Waals surface area contributed by atoms with Gasteiger partial charge in [0.1, 0.15) is 11.0 Å². The van der Waals surface area contributed by atoms with E-state index in [9.17, 15) is 8.42 Å². The molecule has 1 aromatic heterocycles. The van der Waals surface area contributed by atoms with Crippen molar-refractivity contribution in [1.82, 2.24) is 4.98 Å². The average Bonchev–Trinajstić information content (AvgIpc) is 3.12. The topological polar surface area (TPSA) is 59.2 Å². The van der Waals surface area contributed by atoms with Gasteiger partial charge < -0.3 is 9.72 Å². The van der Waals surface area contributed by atoms with Crippen LogP contribution in [-0.2, 0) is 9.84 Å². The molecule has 0 saturated carbocycles. The monoisotopic (exact) mass is 377 g/mol. The number of nitrogens with one attached hydrogen (secondary N) is 1. The van der Waals surface area contributed by atoms with Crippen LogP contribution in [0.1, 0.15) is 16.4 Å².